The van der Waals surface area contributed by atoms with Crippen molar-refractivity contribution in [2.45, 2.75) is 50.1 Å². The number of nitrogens with one attached hydrogen (secondary N) is 2. The molecule has 2 amide bonds. The summed E-state index contributed by atoms with van der Waals surface area (Å²) in [6, 6.07) is 15.3. The smallest absolute Gasteiger partial charge is 0.407 e. The second-order valence-corrected chi connectivity index (χ2v) is 10.2. The van der Waals surface area contributed by atoms with Crippen molar-refractivity contribution in [3.8, 4) is 11.1 Å². The number of hydrogen-bond acceptors (Lipinski definition) is 5. The van der Waals surface area contributed by atoms with Gasteiger partial charge in [-0.2, -0.15) is 11.8 Å². The highest BCUT2D eigenvalue weighted by Gasteiger charge is 2.32. The molecule has 2 aromatic carbocycles. The first kappa shape index (κ1) is 25.1. The summed E-state index contributed by atoms with van der Waals surface area (Å²) in [6.07, 6.45) is 4.52. The Labute approximate surface area is 210 Å². The van der Waals surface area contributed by atoms with Gasteiger partial charge in [0.05, 0.1) is 0 Å². The predicted octanol–water partition coefficient (Wildman–Crippen LogP) is 4.41. The lowest BCUT2D eigenvalue weighted by Gasteiger charge is -2.29. The Hall–Kier alpha value is -3.00. The average molecular weight is 497 g/mol. The van der Waals surface area contributed by atoms with Crippen LogP contribution < -0.4 is 10.6 Å². The standard InChI is InChI=1S/C27H32N2O5S/c1-35-14-13-24(26(31)32)29-25(30)17-7-6-8-18(15-17)28-27(33)34-16-23-21-11-4-2-9-19(21)20-10-3-5-12-22(20)23/h2-5,9-12,17-18,23-24H,6-8,13-16H2,1H3,(H,28,33)(H,29,30)(H,31,32)/t17-,18-,24-/m1/s1. The van der Waals surface area contributed by atoms with Gasteiger partial charge in [-0.1, -0.05) is 55.0 Å². The molecule has 0 spiro atoms. The van der Waals surface area contributed by atoms with E-state index >= 15 is 0 Å². The van der Waals surface area contributed by atoms with Gasteiger partial charge in [0.1, 0.15) is 12.6 Å². The SMILES string of the molecule is CSCC[C@@H](NC(=O)[C@@H]1CCC[C@@H](NC(=O)OCC2c3ccccc3-c3ccccc32)C1)C(=O)O. The maximum absolute atomic E-state index is 12.7. The summed E-state index contributed by atoms with van der Waals surface area (Å²) in [6.45, 7) is 0.242. The van der Waals surface area contributed by atoms with Crippen LogP contribution in [0.4, 0.5) is 4.79 Å². The normalized spacial score (nSPS) is 19.8. The van der Waals surface area contributed by atoms with Crippen molar-refractivity contribution in [1.82, 2.24) is 10.6 Å². The zero-order valence-electron chi connectivity index (χ0n) is 19.9. The van der Waals surface area contributed by atoms with Crippen molar-refractivity contribution in [1.29, 1.82) is 0 Å². The van der Waals surface area contributed by atoms with Gasteiger partial charge >= 0.3 is 12.1 Å². The number of hydrogen-bond donors (Lipinski definition) is 3. The Morgan fingerprint density at radius 1 is 1.06 bits per heavy atom. The zero-order chi connectivity index (χ0) is 24.8. The van der Waals surface area contributed by atoms with E-state index in [1.165, 1.54) is 11.1 Å². The predicted molar refractivity (Wildman–Crippen MR) is 137 cm³/mol. The van der Waals surface area contributed by atoms with Gasteiger partial charge in [-0.3, -0.25) is 4.79 Å². The van der Waals surface area contributed by atoms with Crippen LogP contribution >= 0.6 is 11.8 Å². The molecule has 186 valence electrons. The first-order valence-corrected chi connectivity index (χ1v) is 13.5. The van der Waals surface area contributed by atoms with Crippen LogP contribution in [0.2, 0.25) is 0 Å². The van der Waals surface area contributed by atoms with Crippen molar-refractivity contribution in [3.63, 3.8) is 0 Å². The fourth-order valence-electron chi connectivity index (χ4n) is 5.15. The van der Waals surface area contributed by atoms with Gasteiger partial charge in [-0.05, 0) is 59.9 Å². The number of fused-ring (bicyclic) bond motifs is 3. The molecule has 4 rings (SSSR count). The molecule has 2 aromatic rings. The molecule has 2 aliphatic rings. The van der Waals surface area contributed by atoms with Crippen molar-refractivity contribution >= 4 is 29.7 Å². The second-order valence-electron chi connectivity index (χ2n) is 9.21. The van der Waals surface area contributed by atoms with Gasteiger partial charge in [-0.15, -0.1) is 0 Å². The fraction of sp³-hybridized carbons (Fsp3) is 0.444. The highest BCUT2D eigenvalue weighted by atomic mass is 32.2. The number of alkyl carbamates (subject to hydrolysis) is 1. The van der Waals surface area contributed by atoms with Gasteiger partial charge in [0.25, 0.3) is 0 Å². The van der Waals surface area contributed by atoms with Crippen LogP contribution in [0.3, 0.4) is 0 Å². The number of rotatable bonds is 9. The summed E-state index contributed by atoms with van der Waals surface area (Å²) in [5, 5.41) is 15.0. The number of ether oxygens (including phenoxy) is 1. The highest BCUT2D eigenvalue weighted by molar-refractivity contribution is 7.98. The lowest BCUT2D eigenvalue weighted by Crippen LogP contribution is -2.47. The Bertz CT molecular complexity index is 1030. The van der Waals surface area contributed by atoms with Gasteiger partial charge in [0, 0.05) is 17.9 Å². The summed E-state index contributed by atoms with van der Waals surface area (Å²) in [5.74, 6) is -0.937. The minimum Gasteiger partial charge on any atom is -0.480 e. The number of benzene rings is 2. The molecular formula is C27H32N2O5S. The van der Waals surface area contributed by atoms with E-state index in [4.69, 9.17) is 4.74 Å². The molecule has 7 nitrogen and oxygen atoms in total. The van der Waals surface area contributed by atoms with Crippen molar-refractivity contribution in [3.05, 3.63) is 59.7 Å². The van der Waals surface area contributed by atoms with E-state index in [1.54, 1.807) is 11.8 Å². The summed E-state index contributed by atoms with van der Waals surface area (Å²) < 4.78 is 5.65. The van der Waals surface area contributed by atoms with E-state index in [0.717, 1.165) is 24.0 Å². The van der Waals surface area contributed by atoms with Gasteiger partial charge in [0.15, 0.2) is 0 Å². The monoisotopic (exact) mass is 496 g/mol. The number of carboxylic acids is 1. The minimum atomic E-state index is -1.02. The molecule has 0 saturated heterocycles. The van der Waals surface area contributed by atoms with Crippen molar-refractivity contribution in [2.24, 2.45) is 5.92 Å². The minimum absolute atomic E-state index is 0.00716. The Morgan fingerprint density at radius 2 is 1.71 bits per heavy atom. The highest BCUT2D eigenvalue weighted by Crippen LogP contribution is 2.44. The van der Waals surface area contributed by atoms with Crippen LogP contribution in [0.25, 0.3) is 11.1 Å². The third kappa shape index (κ3) is 5.99. The molecular weight excluding hydrogens is 464 g/mol. The van der Waals surface area contributed by atoms with Crippen LogP contribution in [0.5, 0.6) is 0 Å². The molecule has 0 aromatic heterocycles. The van der Waals surface area contributed by atoms with E-state index in [2.05, 4.69) is 34.9 Å². The van der Waals surface area contributed by atoms with Gasteiger partial charge in [-0.25, -0.2) is 9.59 Å². The topological polar surface area (TPSA) is 105 Å². The summed E-state index contributed by atoms with van der Waals surface area (Å²) in [5.41, 5.74) is 4.67. The second kappa shape index (κ2) is 11.6. The van der Waals surface area contributed by atoms with Crippen molar-refractivity contribution in [2.75, 3.05) is 18.6 Å². The molecule has 3 N–H and O–H groups in total. The first-order valence-electron chi connectivity index (χ1n) is 12.1. The molecule has 0 radical (unpaired) electrons. The van der Waals surface area contributed by atoms with Crippen LogP contribution in [0, 0.1) is 5.92 Å². The molecule has 0 bridgehead atoms. The average Bonchev–Trinajstić information content (AvgIpc) is 3.19. The molecule has 2 aliphatic carbocycles. The summed E-state index contributed by atoms with van der Waals surface area (Å²) in [4.78, 5) is 36.8. The lowest BCUT2D eigenvalue weighted by atomic mass is 9.85. The lowest BCUT2D eigenvalue weighted by molar-refractivity contribution is -0.142. The van der Waals surface area contributed by atoms with E-state index in [-0.39, 0.29) is 30.4 Å². The van der Waals surface area contributed by atoms with Crippen LogP contribution in [-0.2, 0) is 14.3 Å². The molecule has 3 atom stereocenters. The summed E-state index contributed by atoms with van der Waals surface area (Å²) in [7, 11) is 0. The maximum atomic E-state index is 12.7. The molecule has 8 heteroatoms. The molecule has 1 saturated carbocycles. The Morgan fingerprint density at radius 3 is 2.34 bits per heavy atom. The zero-order valence-corrected chi connectivity index (χ0v) is 20.7. The van der Waals surface area contributed by atoms with E-state index in [9.17, 15) is 19.5 Å². The number of aliphatic carboxylic acids is 1. The third-order valence-electron chi connectivity index (χ3n) is 6.94. The fourth-order valence-corrected chi connectivity index (χ4v) is 5.62. The Balaban J connectivity index is 1.30. The number of carbonyl (C=O) groups excluding carboxylic acids is 2. The van der Waals surface area contributed by atoms with E-state index < -0.39 is 18.1 Å². The molecule has 1 fully saturated rings. The van der Waals surface area contributed by atoms with Crippen LogP contribution in [0.1, 0.15) is 49.1 Å². The van der Waals surface area contributed by atoms with Crippen molar-refractivity contribution < 1.29 is 24.2 Å². The van der Waals surface area contributed by atoms with Gasteiger partial charge < -0.3 is 20.5 Å². The number of carboxylic acid groups (broad SMARTS) is 1. The molecule has 0 heterocycles. The van der Waals surface area contributed by atoms with Crippen LogP contribution in [-0.4, -0.2) is 53.8 Å². The number of thioether (sulfide) groups is 1. The van der Waals surface area contributed by atoms with E-state index in [1.807, 2.05) is 30.5 Å². The van der Waals surface area contributed by atoms with Gasteiger partial charge in [0.2, 0.25) is 5.91 Å². The molecule has 0 unspecified atom stereocenters. The van der Waals surface area contributed by atoms with E-state index in [0.29, 0.717) is 25.0 Å². The quantitative estimate of drug-likeness (QED) is 0.475. The first-order chi connectivity index (χ1) is 17.0. The molecule has 0 aliphatic heterocycles. The van der Waals surface area contributed by atoms with Crippen LogP contribution in [0.15, 0.2) is 48.5 Å². The largest absolute Gasteiger partial charge is 0.480 e. The number of carbonyl (C=O) groups is 3. The summed E-state index contributed by atoms with van der Waals surface area (Å²) >= 11 is 1.55. The maximum Gasteiger partial charge on any atom is 0.407 e. The molecule has 35 heavy (non-hydrogen) atoms. The number of amides is 2. The third-order valence-corrected chi connectivity index (χ3v) is 7.58. The Kier molecular flexibility index (Phi) is 8.33.